The van der Waals surface area contributed by atoms with Crippen LogP contribution in [0.25, 0.3) is 11.1 Å². The van der Waals surface area contributed by atoms with Crippen molar-refractivity contribution in [1.29, 1.82) is 0 Å². The van der Waals surface area contributed by atoms with Gasteiger partial charge in [0.15, 0.2) is 13.6 Å². The predicted molar refractivity (Wildman–Crippen MR) is 76.8 cm³/mol. The van der Waals surface area contributed by atoms with E-state index in [1.807, 2.05) is 50.2 Å². The van der Waals surface area contributed by atoms with Crippen molar-refractivity contribution in [2.45, 2.75) is 13.8 Å². The van der Waals surface area contributed by atoms with Crippen LogP contribution in [-0.2, 0) is 0 Å². The van der Waals surface area contributed by atoms with E-state index in [0.717, 1.165) is 22.3 Å². The summed E-state index contributed by atoms with van der Waals surface area (Å²) in [5.41, 5.74) is 4.05. The number of rotatable bonds is 5. The van der Waals surface area contributed by atoms with Gasteiger partial charge in [-0.05, 0) is 60.4 Å². The van der Waals surface area contributed by atoms with Gasteiger partial charge in [-0.1, -0.05) is 12.1 Å². The van der Waals surface area contributed by atoms with Crippen molar-refractivity contribution >= 4 is 0 Å². The van der Waals surface area contributed by atoms with E-state index in [0.29, 0.717) is 11.5 Å². The molecule has 0 aromatic heterocycles. The molecule has 0 aliphatic rings. The van der Waals surface area contributed by atoms with Crippen molar-refractivity contribution in [3.8, 4) is 22.6 Å². The van der Waals surface area contributed by atoms with E-state index in [9.17, 15) is 0 Å². The number of aliphatic hydroxyl groups excluding tert-OH is 2. The van der Waals surface area contributed by atoms with Gasteiger partial charge in [0.25, 0.3) is 0 Å². The van der Waals surface area contributed by atoms with Crippen molar-refractivity contribution < 1.29 is 19.7 Å². The van der Waals surface area contributed by atoms with E-state index < -0.39 is 0 Å². The standard InChI is InChI=1S/C16H18O4/c1-11-7-13(3-5-15(11)19-9-17)14-4-6-16(20-10-18)12(2)8-14/h3-8,17-18H,9-10H2,1-2H3. The summed E-state index contributed by atoms with van der Waals surface area (Å²) in [6.45, 7) is 3.22. The van der Waals surface area contributed by atoms with Gasteiger partial charge in [0, 0.05) is 0 Å². The number of benzene rings is 2. The highest BCUT2D eigenvalue weighted by Gasteiger charge is 2.06. The molecule has 106 valence electrons. The number of ether oxygens (including phenoxy) is 2. The topological polar surface area (TPSA) is 58.9 Å². The summed E-state index contributed by atoms with van der Waals surface area (Å²) in [5.74, 6) is 1.35. The Morgan fingerprint density at radius 2 is 1.15 bits per heavy atom. The maximum Gasteiger partial charge on any atom is 0.186 e. The average Bonchev–Trinajstić information content (AvgIpc) is 2.44. The lowest BCUT2D eigenvalue weighted by Gasteiger charge is -2.11. The Morgan fingerprint density at radius 3 is 1.45 bits per heavy atom. The van der Waals surface area contributed by atoms with Gasteiger partial charge in [-0.15, -0.1) is 0 Å². The third-order valence-corrected chi connectivity index (χ3v) is 3.12. The van der Waals surface area contributed by atoms with Crippen molar-refractivity contribution in [1.82, 2.24) is 0 Å². The molecule has 2 aromatic rings. The first kappa shape index (κ1) is 14.4. The molecule has 0 aliphatic heterocycles. The van der Waals surface area contributed by atoms with Gasteiger partial charge >= 0.3 is 0 Å². The largest absolute Gasteiger partial charge is 0.467 e. The first-order valence-electron chi connectivity index (χ1n) is 6.34. The molecule has 20 heavy (non-hydrogen) atoms. The van der Waals surface area contributed by atoms with Crippen LogP contribution in [-0.4, -0.2) is 23.8 Å². The summed E-state index contributed by atoms with van der Waals surface area (Å²) >= 11 is 0. The normalized spacial score (nSPS) is 10.4. The second-order valence-corrected chi connectivity index (χ2v) is 4.51. The highest BCUT2D eigenvalue weighted by Crippen LogP contribution is 2.29. The zero-order chi connectivity index (χ0) is 14.5. The average molecular weight is 274 g/mol. The second-order valence-electron chi connectivity index (χ2n) is 4.51. The number of aryl methyl sites for hydroxylation is 2. The Bertz CT molecular complexity index is 540. The number of hydrogen-bond donors (Lipinski definition) is 2. The van der Waals surface area contributed by atoms with E-state index in [1.54, 1.807) is 0 Å². The van der Waals surface area contributed by atoms with Crippen LogP contribution < -0.4 is 9.47 Å². The van der Waals surface area contributed by atoms with Gasteiger partial charge < -0.3 is 19.7 Å². The molecule has 2 aromatic carbocycles. The molecule has 4 nitrogen and oxygen atoms in total. The van der Waals surface area contributed by atoms with E-state index in [1.165, 1.54) is 0 Å². The maximum absolute atomic E-state index is 8.79. The van der Waals surface area contributed by atoms with Gasteiger partial charge in [0.2, 0.25) is 0 Å². The minimum atomic E-state index is -0.327. The molecule has 0 saturated carbocycles. The van der Waals surface area contributed by atoms with Crippen LogP contribution in [0.3, 0.4) is 0 Å². The van der Waals surface area contributed by atoms with Crippen molar-refractivity contribution in [2.75, 3.05) is 13.6 Å². The summed E-state index contributed by atoms with van der Waals surface area (Å²) in [5, 5.41) is 17.6. The number of aliphatic hydroxyl groups is 2. The molecule has 0 fully saturated rings. The first-order chi connectivity index (χ1) is 9.65. The van der Waals surface area contributed by atoms with E-state index in [2.05, 4.69) is 0 Å². The molecule has 0 heterocycles. The Balaban J connectivity index is 2.32. The zero-order valence-corrected chi connectivity index (χ0v) is 11.6. The maximum atomic E-state index is 8.79. The smallest absolute Gasteiger partial charge is 0.186 e. The van der Waals surface area contributed by atoms with Crippen LogP contribution in [0.15, 0.2) is 36.4 Å². The van der Waals surface area contributed by atoms with E-state index >= 15 is 0 Å². The van der Waals surface area contributed by atoms with Crippen LogP contribution in [0, 0.1) is 13.8 Å². The van der Waals surface area contributed by atoms with Crippen LogP contribution >= 0.6 is 0 Å². The monoisotopic (exact) mass is 274 g/mol. The Labute approximate surface area is 118 Å². The van der Waals surface area contributed by atoms with E-state index in [-0.39, 0.29) is 13.6 Å². The van der Waals surface area contributed by atoms with Crippen molar-refractivity contribution in [3.63, 3.8) is 0 Å². The van der Waals surface area contributed by atoms with Gasteiger partial charge in [0.05, 0.1) is 0 Å². The minimum Gasteiger partial charge on any atom is -0.467 e. The molecule has 0 spiro atoms. The van der Waals surface area contributed by atoms with Gasteiger partial charge in [0.1, 0.15) is 11.5 Å². The molecule has 0 atom stereocenters. The van der Waals surface area contributed by atoms with Gasteiger partial charge in [-0.25, -0.2) is 0 Å². The highest BCUT2D eigenvalue weighted by atomic mass is 16.6. The van der Waals surface area contributed by atoms with Crippen molar-refractivity contribution in [3.05, 3.63) is 47.5 Å². The molecule has 2 N–H and O–H groups in total. The molecule has 0 unspecified atom stereocenters. The lowest BCUT2D eigenvalue weighted by Crippen LogP contribution is -1.97. The predicted octanol–water partition coefficient (Wildman–Crippen LogP) is 2.63. The summed E-state index contributed by atoms with van der Waals surface area (Å²) in [4.78, 5) is 0. The fourth-order valence-corrected chi connectivity index (χ4v) is 2.12. The fourth-order valence-electron chi connectivity index (χ4n) is 2.12. The molecular weight excluding hydrogens is 256 g/mol. The fraction of sp³-hybridized carbons (Fsp3) is 0.250. The molecule has 0 bridgehead atoms. The molecule has 0 amide bonds. The summed E-state index contributed by atoms with van der Waals surface area (Å²) in [6.07, 6.45) is 0. The molecule has 2 rings (SSSR count). The first-order valence-corrected chi connectivity index (χ1v) is 6.34. The SMILES string of the molecule is Cc1cc(-c2ccc(OCO)c(C)c2)ccc1OCO. The number of hydrogen-bond acceptors (Lipinski definition) is 4. The third kappa shape index (κ3) is 3.10. The second kappa shape index (κ2) is 6.41. The van der Waals surface area contributed by atoms with E-state index in [4.69, 9.17) is 19.7 Å². The third-order valence-electron chi connectivity index (χ3n) is 3.12. The molecule has 4 heteroatoms. The molecule has 0 radical (unpaired) electrons. The zero-order valence-electron chi connectivity index (χ0n) is 11.6. The highest BCUT2D eigenvalue weighted by molar-refractivity contribution is 5.67. The van der Waals surface area contributed by atoms with Crippen LogP contribution in [0.2, 0.25) is 0 Å². The Morgan fingerprint density at radius 1 is 0.750 bits per heavy atom. The minimum absolute atomic E-state index is 0.327. The molecule has 0 saturated heterocycles. The molecule has 0 aliphatic carbocycles. The summed E-state index contributed by atoms with van der Waals surface area (Å²) < 4.78 is 10.2. The van der Waals surface area contributed by atoms with Gasteiger partial charge in [-0.3, -0.25) is 0 Å². The van der Waals surface area contributed by atoms with Gasteiger partial charge in [-0.2, -0.15) is 0 Å². The Kier molecular flexibility index (Phi) is 4.61. The lowest BCUT2D eigenvalue weighted by molar-refractivity contribution is 0.0974. The van der Waals surface area contributed by atoms with Crippen molar-refractivity contribution in [2.24, 2.45) is 0 Å². The Hall–Kier alpha value is -2.04. The lowest BCUT2D eigenvalue weighted by atomic mass is 10.0. The van der Waals surface area contributed by atoms with Crippen LogP contribution in [0.4, 0.5) is 0 Å². The van der Waals surface area contributed by atoms with Crippen LogP contribution in [0.1, 0.15) is 11.1 Å². The summed E-state index contributed by atoms with van der Waals surface area (Å²) in [7, 11) is 0. The molecular formula is C16H18O4. The summed E-state index contributed by atoms with van der Waals surface area (Å²) in [6, 6.07) is 11.6. The quantitative estimate of drug-likeness (QED) is 0.823. The van der Waals surface area contributed by atoms with Crippen LogP contribution in [0.5, 0.6) is 11.5 Å².